The highest BCUT2D eigenvalue weighted by Crippen LogP contribution is 2.11. The maximum Gasteiger partial charge on any atom is 0.138 e. The van der Waals surface area contributed by atoms with Crippen molar-refractivity contribution >= 4 is 0 Å². The van der Waals surface area contributed by atoms with E-state index in [1.807, 2.05) is 26.8 Å². The van der Waals surface area contributed by atoms with Crippen LogP contribution >= 0.6 is 0 Å². The highest BCUT2D eigenvalue weighted by Gasteiger charge is 2.09. The Morgan fingerprint density at radius 1 is 1.28 bits per heavy atom. The molecule has 4 heteroatoms. The van der Waals surface area contributed by atoms with Gasteiger partial charge in [-0.3, -0.25) is 4.98 Å². The third-order valence-electron chi connectivity index (χ3n) is 1.94. The number of ether oxygens (including phenoxy) is 2. The third-order valence-corrected chi connectivity index (χ3v) is 1.94. The van der Waals surface area contributed by atoms with Gasteiger partial charge in [-0.1, -0.05) is 11.8 Å². The quantitative estimate of drug-likeness (QED) is 0.649. The number of hydrogen-bond acceptors (Lipinski definition) is 4. The molecular formula is C14H20N2O2. The average molecular weight is 248 g/mol. The van der Waals surface area contributed by atoms with E-state index in [1.54, 1.807) is 12.4 Å². The first-order valence-electron chi connectivity index (χ1n) is 5.92. The van der Waals surface area contributed by atoms with E-state index in [1.165, 1.54) is 0 Å². The number of rotatable bonds is 4. The van der Waals surface area contributed by atoms with Crippen molar-refractivity contribution in [1.82, 2.24) is 4.98 Å². The molecule has 0 aromatic carbocycles. The van der Waals surface area contributed by atoms with Crippen LogP contribution < -0.4 is 10.5 Å². The van der Waals surface area contributed by atoms with Crippen molar-refractivity contribution in [2.45, 2.75) is 26.4 Å². The van der Waals surface area contributed by atoms with Crippen LogP contribution in [-0.2, 0) is 4.74 Å². The fourth-order valence-corrected chi connectivity index (χ4v) is 1.23. The van der Waals surface area contributed by atoms with Crippen LogP contribution in [0, 0.1) is 11.8 Å². The zero-order chi connectivity index (χ0) is 13.4. The van der Waals surface area contributed by atoms with Gasteiger partial charge in [-0.25, -0.2) is 0 Å². The van der Waals surface area contributed by atoms with Crippen LogP contribution in [0.5, 0.6) is 5.75 Å². The molecule has 0 unspecified atom stereocenters. The second kappa shape index (κ2) is 7.00. The van der Waals surface area contributed by atoms with Crippen LogP contribution in [0.3, 0.4) is 0 Å². The van der Waals surface area contributed by atoms with Gasteiger partial charge < -0.3 is 15.2 Å². The van der Waals surface area contributed by atoms with Crippen molar-refractivity contribution < 1.29 is 9.47 Å². The molecule has 4 nitrogen and oxygen atoms in total. The SMILES string of the molecule is CC(C)(C)OCCOc1cncc(C#CCN)c1. The largest absolute Gasteiger partial charge is 0.490 e. The summed E-state index contributed by atoms with van der Waals surface area (Å²) in [6, 6.07) is 1.84. The predicted molar refractivity (Wildman–Crippen MR) is 71.4 cm³/mol. The highest BCUT2D eigenvalue weighted by molar-refractivity contribution is 5.36. The summed E-state index contributed by atoms with van der Waals surface area (Å²) >= 11 is 0. The molecule has 0 aliphatic heterocycles. The zero-order valence-electron chi connectivity index (χ0n) is 11.2. The Hall–Kier alpha value is -1.57. The summed E-state index contributed by atoms with van der Waals surface area (Å²) in [5, 5.41) is 0. The summed E-state index contributed by atoms with van der Waals surface area (Å²) in [5.74, 6) is 6.38. The van der Waals surface area contributed by atoms with Crippen molar-refractivity contribution in [3.8, 4) is 17.6 Å². The minimum Gasteiger partial charge on any atom is -0.490 e. The Morgan fingerprint density at radius 3 is 2.72 bits per heavy atom. The lowest BCUT2D eigenvalue weighted by Crippen LogP contribution is -2.22. The molecular weight excluding hydrogens is 228 g/mol. The predicted octanol–water partition coefficient (Wildman–Crippen LogP) is 1.59. The fourth-order valence-electron chi connectivity index (χ4n) is 1.23. The van der Waals surface area contributed by atoms with Gasteiger partial charge in [0.2, 0.25) is 0 Å². The van der Waals surface area contributed by atoms with E-state index in [-0.39, 0.29) is 5.60 Å². The van der Waals surface area contributed by atoms with Crippen molar-refractivity contribution in [2.75, 3.05) is 19.8 Å². The van der Waals surface area contributed by atoms with Crippen LogP contribution in [0.2, 0.25) is 0 Å². The second-order valence-corrected chi connectivity index (χ2v) is 4.72. The Labute approximate surface area is 109 Å². The van der Waals surface area contributed by atoms with Crippen LogP contribution in [0.4, 0.5) is 0 Å². The molecule has 0 amide bonds. The normalized spacial score (nSPS) is 10.7. The van der Waals surface area contributed by atoms with E-state index >= 15 is 0 Å². The summed E-state index contributed by atoms with van der Waals surface area (Å²) in [4.78, 5) is 4.06. The molecule has 0 spiro atoms. The molecule has 1 heterocycles. The standard InChI is InChI=1S/C14H20N2O2/c1-14(2,3)18-8-7-17-13-9-12(5-4-6-15)10-16-11-13/h9-11H,6-8,15H2,1-3H3. The van der Waals surface area contributed by atoms with Gasteiger partial charge in [-0.15, -0.1) is 0 Å². The molecule has 0 radical (unpaired) electrons. The topological polar surface area (TPSA) is 57.4 Å². The number of pyridine rings is 1. The van der Waals surface area contributed by atoms with Crippen molar-refractivity contribution in [1.29, 1.82) is 0 Å². The molecule has 1 aromatic heterocycles. The molecule has 2 N–H and O–H groups in total. The maximum atomic E-state index is 5.56. The molecule has 1 rings (SSSR count). The van der Waals surface area contributed by atoms with Gasteiger partial charge >= 0.3 is 0 Å². The summed E-state index contributed by atoms with van der Waals surface area (Å²) in [6.07, 6.45) is 3.34. The Morgan fingerprint density at radius 2 is 2.06 bits per heavy atom. The number of nitrogens with two attached hydrogens (primary N) is 1. The number of nitrogens with zero attached hydrogens (tertiary/aromatic N) is 1. The van der Waals surface area contributed by atoms with E-state index in [2.05, 4.69) is 16.8 Å². The van der Waals surface area contributed by atoms with E-state index in [0.717, 1.165) is 5.56 Å². The summed E-state index contributed by atoms with van der Waals surface area (Å²) < 4.78 is 11.1. The van der Waals surface area contributed by atoms with Crippen LogP contribution in [0.15, 0.2) is 18.5 Å². The molecule has 0 atom stereocenters. The molecule has 0 fully saturated rings. The minimum absolute atomic E-state index is 0.143. The lowest BCUT2D eigenvalue weighted by atomic mass is 10.2. The smallest absolute Gasteiger partial charge is 0.138 e. The molecule has 0 aliphatic carbocycles. The summed E-state index contributed by atoms with van der Waals surface area (Å²) in [6.45, 7) is 7.41. The van der Waals surface area contributed by atoms with E-state index < -0.39 is 0 Å². The molecule has 18 heavy (non-hydrogen) atoms. The van der Waals surface area contributed by atoms with Crippen molar-refractivity contribution in [2.24, 2.45) is 5.73 Å². The van der Waals surface area contributed by atoms with Gasteiger partial charge in [0.25, 0.3) is 0 Å². The Balaban J connectivity index is 2.43. The summed E-state index contributed by atoms with van der Waals surface area (Å²) in [7, 11) is 0. The van der Waals surface area contributed by atoms with Crippen LogP contribution in [0.1, 0.15) is 26.3 Å². The second-order valence-electron chi connectivity index (χ2n) is 4.72. The zero-order valence-corrected chi connectivity index (χ0v) is 11.2. The molecule has 1 aromatic rings. The monoisotopic (exact) mass is 248 g/mol. The first-order chi connectivity index (χ1) is 8.51. The van der Waals surface area contributed by atoms with Crippen molar-refractivity contribution in [3.05, 3.63) is 24.0 Å². The van der Waals surface area contributed by atoms with Gasteiger partial charge in [0.15, 0.2) is 0 Å². The summed E-state index contributed by atoms with van der Waals surface area (Å²) in [5.41, 5.74) is 5.97. The molecule has 0 saturated heterocycles. The van der Waals surface area contributed by atoms with Crippen molar-refractivity contribution in [3.63, 3.8) is 0 Å². The Bertz CT molecular complexity index is 427. The van der Waals surface area contributed by atoms with Crippen LogP contribution in [0.25, 0.3) is 0 Å². The van der Waals surface area contributed by atoms with Gasteiger partial charge in [0.1, 0.15) is 12.4 Å². The number of aromatic nitrogens is 1. The fraction of sp³-hybridized carbons (Fsp3) is 0.500. The first-order valence-corrected chi connectivity index (χ1v) is 5.92. The first kappa shape index (κ1) is 14.5. The minimum atomic E-state index is -0.143. The highest BCUT2D eigenvalue weighted by atomic mass is 16.5. The van der Waals surface area contributed by atoms with Gasteiger partial charge in [0.05, 0.1) is 24.9 Å². The lowest BCUT2D eigenvalue weighted by molar-refractivity contribution is -0.0163. The van der Waals surface area contributed by atoms with E-state index in [0.29, 0.717) is 25.5 Å². The van der Waals surface area contributed by atoms with Gasteiger partial charge in [-0.05, 0) is 26.8 Å². The number of hydrogen-bond donors (Lipinski definition) is 1. The van der Waals surface area contributed by atoms with Gasteiger partial charge in [0, 0.05) is 11.8 Å². The molecule has 0 bridgehead atoms. The van der Waals surface area contributed by atoms with E-state index in [4.69, 9.17) is 15.2 Å². The molecule has 0 aliphatic rings. The van der Waals surface area contributed by atoms with Crippen LogP contribution in [-0.4, -0.2) is 30.3 Å². The van der Waals surface area contributed by atoms with E-state index in [9.17, 15) is 0 Å². The molecule has 0 saturated carbocycles. The lowest BCUT2D eigenvalue weighted by Gasteiger charge is -2.19. The average Bonchev–Trinajstić information content (AvgIpc) is 2.31. The molecule has 98 valence electrons. The third kappa shape index (κ3) is 6.24. The van der Waals surface area contributed by atoms with Gasteiger partial charge in [-0.2, -0.15) is 0 Å². The Kier molecular flexibility index (Phi) is 5.63. The maximum absolute atomic E-state index is 5.56.